The van der Waals surface area contributed by atoms with E-state index >= 15 is 0 Å². The van der Waals surface area contributed by atoms with E-state index in [0.717, 1.165) is 75.2 Å². The molecular weight excluding hydrogens is 424 g/mol. The lowest BCUT2D eigenvalue weighted by atomic mass is 10.0. The average Bonchev–Trinajstić information content (AvgIpc) is 2.75. The van der Waals surface area contributed by atoms with Crippen LogP contribution in [0.4, 0.5) is 5.82 Å². The van der Waals surface area contributed by atoms with Gasteiger partial charge in [-0.05, 0) is 75.0 Å². The number of hydrogen-bond donors (Lipinski definition) is 1. The number of rotatable bonds is 10. The molecule has 1 aromatic heterocycles. The Kier molecular flexibility index (Phi) is 8.51. The molecule has 1 N–H and O–H groups in total. The zero-order valence-electron chi connectivity index (χ0n) is 19.7. The van der Waals surface area contributed by atoms with Crippen LogP contribution >= 0.6 is 0 Å². The normalized spacial score (nSPS) is 17.5. The van der Waals surface area contributed by atoms with E-state index in [-0.39, 0.29) is 0 Å². The molecule has 176 valence electrons. The fourth-order valence-electron chi connectivity index (χ4n) is 4.38. The lowest BCUT2D eigenvalue weighted by Gasteiger charge is -2.42. The number of aryl methyl sites for hydroxylation is 3. The Balaban J connectivity index is 1.51. The van der Waals surface area contributed by atoms with Crippen LogP contribution in [0.15, 0.2) is 36.5 Å². The number of aromatic nitrogens is 1. The maximum atomic E-state index is 11.5. The van der Waals surface area contributed by atoms with Gasteiger partial charge in [0.15, 0.2) is 0 Å². The molecule has 8 heteroatoms. The summed E-state index contributed by atoms with van der Waals surface area (Å²) in [6.45, 7) is 10.9. The molecule has 32 heavy (non-hydrogen) atoms. The maximum absolute atomic E-state index is 11.5. The molecule has 0 saturated carbocycles. The molecular formula is C24H36N4O3S. The summed E-state index contributed by atoms with van der Waals surface area (Å²) in [5.74, 6) is 1.50. The second-order valence-electron chi connectivity index (χ2n) is 8.55. The second-order valence-corrected chi connectivity index (χ2v) is 10.1. The van der Waals surface area contributed by atoms with Crippen molar-refractivity contribution in [1.29, 1.82) is 0 Å². The predicted octanol–water partition coefficient (Wildman–Crippen LogP) is 3.12. The molecule has 1 fully saturated rings. The van der Waals surface area contributed by atoms with Gasteiger partial charge in [0.25, 0.3) is 0 Å². The number of benzene rings is 1. The molecule has 1 aliphatic heterocycles. The Bertz CT molecular complexity index is 959. The Labute approximate surface area is 192 Å². The molecule has 0 aliphatic carbocycles. The first-order valence-electron chi connectivity index (χ1n) is 11.4. The standard InChI is InChI=1S/C24H36N4O3S/c1-5-25-23-18-28(22-11-6-8-12-26-22)15-14-27(23)13-9-7-10-21-16-19(2)24(20(3)17-21)31-32(4,29)30/h6,8,11-12,16-17,23,25H,5,7,9-10,13-15,18H2,1-4H3. The van der Waals surface area contributed by atoms with Gasteiger partial charge in [-0.15, -0.1) is 0 Å². The van der Waals surface area contributed by atoms with Crippen molar-refractivity contribution in [1.82, 2.24) is 15.2 Å². The molecule has 1 atom stereocenters. The number of anilines is 1. The smallest absolute Gasteiger partial charge is 0.306 e. The summed E-state index contributed by atoms with van der Waals surface area (Å²) in [4.78, 5) is 9.41. The number of unbranched alkanes of at least 4 members (excludes halogenated alkanes) is 1. The van der Waals surface area contributed by atoms with Crippen LogP contribution in [0.2, 0.25) is 0 Å². The van der Waals surface area contributed by atoms with Crippen LogP contribution in [0.3, 0.4) is 0 Å². The third-order valence-electron chi connectivity index (χ3n) is 5.82. The molecule has 1 aromatic carbocycles. The zero-order chi connectivity index (χ0) is 23.1. The van der Waals surface area contributed by atoms with Gasteiger partial charge >= 0.3 is 10.1 Å². The molecule has 1 aliphatic rings. The average molecular weight is 461 g/mol. The number of likely N-dealkylation sites (N-methyl/N-ethyl adjacent to an activating group) is 1. The first-order chi connectivity index (χ1) is 15.3. The van der Waals surface area contributed by atoms with Crippen molar-refractivity contribution >= 4 is 15.9 Å². The van der Waals surface area contributed by atoms with Gasteiger partial charge in [-0.2, -0.15) is 8.42 Å². The molecule has 7 nitrogen and oxygen atoms in total. The summed E-state index contributed by atoms with van der Waals surface area (Å²) in [7, 11) is -3.52. The highest BCUT2D eigenvalue weighted by molar-refractivity contribution is 7.86. The summed E-state index contributed by atoms with van der Waals surface area (Å²) in [5.41, 5.74) is 2.95. The van der Waals surface area contributed by atoms with Gasteiger partial charge in [0.1, 0.15) is 11.6 Å². The largest absolute Gasteiger partial charge is 0.382 e. The fraction of sp³-hybridized carbons (Fsp3) is 0.542. The first-order valence-corrected chi connectivity index (χ1v) is 13.2. The molecule has 2 aromatic rings. The Morgan fingerprint density at radius 2 is 1.91 bits per heavy atom. The topological polar surface area (TPSA) is 74.8 Å². The Morgan fingerprint density at radius 3 is 2.53 bits per heavy atom. The van der Waals surface area contributed by atoms with Crippen LogP contribution in [0, 0.1) is 13.8 Å². The van der Waals surface area contributed by atoms with Gasteiger partial charge in [-0.1, -0.05) is 25.1 Å². The van der Waals surface area contributed by atoms with Crippen molar-refractivity contribution in [3.05, 3.63) is 53.2 Å². The van der Waals surface area contributed by atoms with E-state index in [1.165, 1.54) is 5.56 Å². The summed E-state index contributed by atoms with van der Waals surface area (Å²) >= 11 is 0. The van der Waals surface area contributed by atoms with Crippen LogP contribution in [-0.4, -0.2) is 63.4 Å². The SMILES string of the molecule is CCNC1CN(c2ccccn2)CCN1CCCCc1cc(C)c(OS(C)(=O)=O)c(C)c1. The van der Waals surface area contributed by atoms with Crippen molar-refractivity contribution in [2.75, 3.05) is 43.9 Å². The van der Waals surface area contributed by atoms with Gasteiger partial charge in [-0.25, -0.2) is 4.98 Å². The molecule has 0 amide bonds. The highest BCUT2D eigenvalue weighted by atomic mass is 32.2. The number of nitrogens with one attached hydrogen (secondary N) is 1. The van der Waals surface area contributed by atoms with Gasteiger partial charge in [0.2, 0.25) is 0 Å². The van der Waals surface area contributed by atoms with E-state index in [9.17, 15) is 8.42 Å². The van der Waals surface area contributed by atoms with Gasteiger partial charge in [-0.3, -0.25) is 4.90 Å². The van der Waals surface area contributed by atoms with E-state index in [2.05, 4.69) is 33.1 Å². The van der Waals surface area contributed by atoms with E-state index in [4.69, 9.17) is 4.18 Å². The van der Waals surface area contributed by atoms with E-state index in [0.29, 0.717) is 11.9 Å². The van der Waals surface area contributed by atoms with Crippen molar-refractivity contribution in [3.8, 4) is 5.75 Å². The zero-order valence-corrected chi connectivity index (χ0v) is 20.5. The minimum Gasteiger partial charge on any atom is -0.382 e. The summed E-state index contributed by atoms with van der Waals surface area (Å²) in [6, 6.07) is 10.2. The van der Waals surface area contributed by atoms with Crippen LogP contribution in [0.5, 0.6) is 5.75 Å². The third kappa shape index (κ3) is 6.92. The molecule has 0 bridgehead atoms. The van der Waals surface area contributed by atoms with Crippen molar-refractivity contribution in [2.45, 2.75) is 46.2 Å². The van der Waals surface area contributed by atoms with Crippen molar-refractivity contribution in [2.24, 2.45) is 0 Å². The highest BCUT2D eigenvalue weighted by Gasteiger charge is 2.26. The van der Waals surface area contributed by atoms with Crippen LogP contribution in [0.1, 0.15) is 36.5 Å². The third-order valence-corrected chi connectivity index (χ3v) is 6.29. The van der Waals surface area contributed by atoms with Crippen LogP contribution in [-0.2, 0) is 16.5 Å². The van der Waals surface area contributed by atoms with Gasteiger partial charge in [0.05, 0.1) is 12.4 Å². The van der Waals surface area contributed by atoms with Crippen molar-refractivity contribution < 1.29 is 12.6 Å². The molecule has 1 saturated heterocycles. The molecule has 2 heterocycles. The van der Waals surface area contributed by atoms with E-state index in [1.54, 1.807) is 0 Å². The summed E-state index contributed by atoms with van der Waals surface area (Å²) < 4.78 is 28.1. The number of hydrogen-bond acceptors (Lipinski definition) is 7. The van der Waals surface area contributed by atoms with E-state index in [1.807, 2.05) is 44.3 Å². The summed E-state index contributed by atoms with van der Waals surface area (Å²) in [6.07, 6.45) is 6.44. The number of nitrogens with zero attached hydrogens (tertiary/aromatic N) is 3. The fourth-order valence-corrected chi connectivity index (χ4v) is 4.94. The number of pyridine rings is 1. The Morgan fingerprint density at radius 1 is 1.16 bits per heavy atom. The molecule has 0 spiro atoms. The van der Waals surface area contributed by atoms with Crippen LogP contribution in [0.25, 0.3) is 0 Å². The lowest BCUT2D eigenvalue weighted by molar-refractivity contribution is 0.146. The first kappa shape index (κ1) is 24.5. The molecule has 0 radical (unpaired) electrons. The number of piperazine rings is 1. The predicted molar refractivity (Wildman–Crippen MR) is 130 cm³/mol. The minimum absolute atomic E-state index is 0.327. The van der Waals surface area contributed by atoms with Gasteiger partial charge in [0, 0.05) is 25.8 Å². The quantitative estimate of drug-likeness (QED) is 0.431. The lowest BCUT2D eigenvalue weighted by Crippen LogP contribution is -2.59. The van der Waals surface area contributed by atoms with Gasteiger partial charge < -0.3 is 14.4 Å². The van der Waals surface area contributed by atoms with Crippen molar-refractivity contribution in [3.63, 3.8) is 0 Å². The maximum Gasteiger partial charge on any atom is 0.306 e. The monoisotopic (exact) mass is 460 g/mol. The molecule has 1 unspecified atom stereocenters. The highest BCUT2D eigenvalue weighted by Crippen LogP contribution is 2.27. The second kappa shape index (κ2) is 11.1. The van der Waals surface area contributed by atoms with E-state index < -0.39 is 10.1 Å². The molecule has 3 rings (SSSR count). The summed E-state index contributed by atoms with van der Waals surface area (Å²) in [5, 5.41) is 3.63. The Hall–Kier alpha value is -2.16. The van der Waals surface area contributed by atoms with Crippen LogP contribution < -0.4 is 14.4 Å². The minimum atomic E-state index is -3.52.